The van der Waals surface area contributed by atoms with Crippen LogP contribution in [0, 0.1) is 0 Å². The van der Waals surface area contributed by atoms with Crippen LogP contribution in [0.15, 0.2) is 36.5 Å². The molecule has 0 fully saturated rings. The zero-order valence-corrected chi connectivity index (χ0v) is 17.8. The second kappa shape index (κ2) is 10.8. The summed E-state index contributed by atoms with van der Waals surface area (Å²) in [6.45, 7) is 4.36. The Kier molecular flexibility index (Phi) is 7.81. The Morgan fingerprint density at radius 1 is 1.14 bits per heavy atom. The number of hydrogen-bond donors (Lipinski definition) is 2. The molecule has 0 aliphatic heterocycles. The third-order valence-corrected chi connectivity index (χ3v) is 5.39. The number of amides is 1. The Bertz CT molecular complexity index is 927. The molecule has 3 aromatic rings. The van der Waals surface area contributed by atoms with Gasteiger partial charge < -0.3 is 15.4 Å². The van der Waals surface area contributed by atoms with Crippen LogP contribution in [-0.2, 0) is 4.79 Å². The van der Waals surface area contributed by atoms with Crippen LogP contribution < -0.4 is 15.4 Å². The lowest BCUT2D eigenvalue weighted by atomic mass is 10.1. The van der Waals surface area contributed by atoms with E-state index in [1.807, 2.05) is 30.3 Å². The molecule has 0 atom stereocenters. The molecule has 6 nitrogen and oxygen atoms in total. The van der Waals surface area contributed by atoms with Gasteiger partial charge in [-0.3, -0.25) is 4.79 Å². The Morgan fingerprint density at radius 2 is 1.97 bits per heavy atom. The molecule has 0 saturated carbocycles. The fourth-order valence-electron chi connectivity index (χ4n) is 3.03. The van der Waals surface area contributed by atoms with Gasteiger partial charge in [-0.1, -0.05) is 56.4 Å². The first-order valence-electron chi connectivity index (χ1n) is 10.2. The van der Waals surface area contributed by atoms with Gasteiger partial charge >= 0.3 is 0 Å². The van der Waals surface area contributed by atoms with Crippen molar-refractivity contribution in [2.24, 2.45) is 0 Å². The summed E-state index contributed by atoms with van der Waals surface area (Å²) in [6.07, 6.45) is 8.97. The lowest BCUT2D eigenvalue weighted by molar-refractivity contribution is -0.114. The van der Waals surface area contributed by atoms with Crippen molar-refractivity contribution in [2.75, 3.05) is 17.2 Å². The summed E-state index contributed by atoms with van der Waals surface area (Å²) in [5.41, 5.74) is 1.52. The molecular weight excluding hydrogens is 384 g/mol. The first-order valence-corrected chi connectivity index (χ1v) is 11.0. The Balaban J connectivity index is 1.70. The van der Waals surface area contributed by atoms with E-state index in [-0.39, 0.29) is 5.91 Å². The summed E-state index contributed by atoms with van der Waals surface area (Å²) in [5, 5.41) is 6.84. The van der Waals surface area contributed by atoms with E-state index in [1.54, 1.807) is 6.20 Å². The van der Waals surface area contributed by atoms with Gasteiger partial charge in [0.2, 0.25) is 5.91 Å². The molecule has 0 spiro atoms. The maximum Gasteiger partial charge on any atom is 0.221 e. The molecule has 2 aromatic heterocycles. The van der Waals surface area contributed by atoms with Crippen LogP contribution in [0.25, 0.3) is 10.2 Å². The molecule has 0 bridgehead atoms. The first-order chi connectivity index (χ1) is 14.2. The zero-order chi connectivity index (χ0) is 20.5. The molecule has 0 radical (unpaired) electrons. The molecule has 2 heterocycles. The Labute approximate surface area is 175 Å². The van der Waals surface area contributed by atoms with E-state index in [9.17, 15) is 4.79 Å². The second-order valence-electron chi connectivity index (χ2n) is 6.97. The number of carbonyl (C=O) groups excluding carboxylic acids is 1. The lowest BCUT2D eigenvalue weighted by Crippen LogP contribution is -2.08. The number of nitrogens with zero attached hydrogens (tertiary/aromatic N) is 2. The van der Waals surface area contributed by atoms with E-state index in [1.165, 1.54) is 43.9 Å². The van der Waals surface area contributed by atoms with E-state index in [4.69, 9.17) is 4.74 Å². The van der Waals surface area contributed by atoms with E-state index >= 15 is 0 Å². The maximum atomic E-state index is 11.6. The number of thiazole rings is 1. The molecule has 0 unspecified atom stereocenters. The highest BCUT2D eigenvalue weighted by atomic mass is 32.1. The second-order valence-corrected chi connectivity index (χ2v) is 8.00. The van der Waals surface area contributed by atoms with Gasteiger partial charge in [-0.2, -0.15) is 0 Å². The molecular formula is C22H28N4O2S. The van der Waals surface area contributed by atoms with Crippen molar-refractivity contribution in [1.82, 2.24) is 9.97 Å². The van der Waals surface area contributed by atoms with Crippen LogP contribution in [0.3, 0.4) is 0 Å². The van der Waals surface area contributed by atoms with Gasteiger partial charge in [0, 0.05) is 19.2 Å². The Morgan fingerprint density at radius 3 is 2.72 bits per heavy atom. The molecule has 0 aliphatic carbocycles. The van der Waals surface area contributed by atoms with Crippen LogP contribution in [-0.4, -0.2) is 22.5 Å². The number of carbonyl (C=O) groups is 1. The van der Waals surface area contributed by atoms with Gasteiger partial charge in [-0.05, 0) is 24.6 Å². The van der Waals surface area contributed by atoms with Gasteiger partial charge in [0.15, 0.2) is 5.13 Å². The fraction of sp³-hybridized carbons (Fsp3) is 0.409. The van der Waals surface area contributed by atoms with E-state index in [0.717, 1.165) is 34.0 Å². The topological polar surface area (TPSA) is 76.1 Å². The van der Waals surface area contributed by atoms with Crippen molar-refractivity contribution in [1.29, 1.82) is 0 Å². The summed E-state index contributed by atoms with van der Waals surface area (Å²) in [7, 11) is 0. The van der Waals surface area contributed by atoms with Gasteiger partial charge in [-0.25, -0.2) is 9.97 Å². The molecule has 29 heavy (non-hydrogen) atoms. The zero-order valence-electron chi connectivity index (χ0n) is 17.0. The van der Waals surface area contributed by atoms with Gasteiger partial charge in [0.25, 0.3) is 0 Å². The molecule has 3 rings (SSSR count). The molecule has 0 saturated heterocycles. The summed E-state index contributed by atoms with van der Waals surface area (Å²) in [5.74, 6) is 1.29. The average molecular weight is 413 g/mol. The Hall–Kier alpha value is -2.67. The third-order valence-electron chi connectivity index (χ3n) is 4.46. The highest BCUT2D eigenvalue weighted by molar-refractivity contribution is 7.22. The van der Waals surface area contributed by atoms with Crippen molar-refractivity contribution in [3.63, 3.8) is 0 Å². The van der Waals surface area contributed by atoms with Crippen LogP contribution in [0.4, 0.5) is 16.6 Å². The van der Waals surface area contributed by atoms with Crippen LogP contribution in [0.2, 0.25) is 0 Å². The first kappa shape index (κ1) is 21.0. The molecule has 2 N–H and O–H groups in total. The van der Waals surface area contributed by atoms with Crippen LogP contribution in [0.5, 0.6) is 5.75 Å². The highest BCUT2D eigenvalue weighted by Crippen LogP contribution is 2.36. The van der Waals surface area contributed by atoms with Crippen molar-refractivity contribution >= 4 is 44.1 Å². The normalized spacial score (nSPS) is 10.8. The minimum Gasteiger partial charge on any atom is -0.491 e. The molecule has 1 aromatic carbocycles. The van der Waals surface area contributed by atoms with E-state index in [0.29, 0.717) is 18.0 Å². The van der Waals surface area contributed by atoms with Gasteiger partial charge in [-0.15, -0.1) is 0 Å². The molecule has 1 amide bonds. The quantitative estimate of drug-likeness (QED) is 0.370. The predicted octanol–water partition coefficient (Wildman–Crippen LogP) is 6.13. The molecule has 0 aliphatic rings. The van der Waals surface area contributed by atoms with Gasteiger partial charge in [0.1, 0.15) is 11.6 Å². The monoisotopic (exact) mass is 412 g/mol. The van der Waals surface area contributed by atoms with Crippen molar-refractivity contribution < 1.29 is 9.53 Å². The number of nitrogens with one attached hydrogen (secondary N) is 2. The number of benzene rings is 1. The number of unbranched alkanes of at least 4 members (excludes halogenated alkanes) is 5. The SMILES string of the molecule is CCCCCCCCOc1cc2nc(Nc3ccccn3)sc2cc1NC(C)=O. The summed E-state index contributed by atoms with van der Waals surface area (Å²) < 4.78 is 6.97. The average Bonchev–Trinajstić information content (AvgIpc) is 3.08. The van der Waals surface area contributed by atoms with E-state index < -0.39 is 0 Å². The predicted molar refractivity (Wildman–Crippen MR) is 120 cm³/mol. The van der Waals surface area contributed by atoms with Crippen LogP contribution in [0.1, 0.15) is 52.4 Å². The molecule has 154 valence electrons. The number of aromatic nitrogens is 2. The minimum atomic E-state index is -0.120. The fourth-order valence-corrected chi connectivity index (χ4v) is 3.92. The number of hydrogen-bond acceptors (Lipinski definition) is 6. The highest BCUT2D eigenvalue weighted by Gasteiger charge is 2.12. The standard InChI is InChI=1S/C22H28N4O2S/c1-3-4-5-6-7-10-13-28-19-14-18-20(15-17(19)24-16(2)27)29-22(25-18)26-21-11-8-9-12-23-21/h8-9,11-12,14-15H,3-7,10,13H2,1-2H3,(H,24,27)(H,23,25,26). The minimum absolute atomic E-state index is 0.120. The lowest BCUT2D eigenvalue weighted by Gasteiger charge is -2.12. The van der Waals surface area contributed by atoms with Crippen molar-refractivity contribution in [3.8, 4) is 5.75 Å². The smallest absolute Gasteiger partial charge is 0.221 e. The number of rotatable bonds is 11. The largest absolute Gasteiger partial charge is 0.491 e. The summed E-state index contributed by atoms with van der Waals surface area (Å²) in [4.78, 5) is 20.5. The number of anilines is 3. The number of pyridine rings is 1. The maximum absolute atomic E-state index is 11.6. The molecule has 7 heteroatoms. The summed E-state index contributed by atoms with van der Waals surface area (Å²) >= 11 is 1.51. The van der Waals surface area contributed by atoms with E-state index in [2.05, 4.69) is 27.5 Å². The number of fused-ring (bicyclic) bond motifs is 1. The summed E-state index contributed by atoms with van der Waals surface area (Å²) in [6, 6.07) is 9.51. The third kappa shape index (κ3) is 6.42. The van der Waals surface area contributed by atoms with Crippen LogP contribution >= 0.6 is 11.3 Å². The van der Waals surface area contributed by atoms with Crippen molar-refractivity contribution in [2.45, 2.75) is 52.4 Å². The van der Waals surface area contributed by atoms with Crippen molar-refractivity contribution in [3.05, 3.63) is 36.5 Å². The number of ether oxygens (including phenoxy) is 1. The van der Waals surface area contributed by atoms with Gasteiger partial charge in [0.05, 0.1) is 22.5 Å².